The Bertz CT molecular complexity index is 258. The number of aryl methyl sites for hydroxylation is 1. The SMILES string of the molecule is Cc1csc(SC(C)CC(C)N)n1. The summed E-state index contributed by atoms with van der Waals surface area (Å²) in [5.41, 5.74) is 6.83. The topological polar surface area (TPSA) is 38.9 Å². The minimum Gasteiger partial charge on any atom is -0.328 e. The highest BCUT2D eigenvalue weighted by atomic mass is 32.2. The van der Waals surface area contributed by atoms with Gasteiger partial charge in [-0.2, -0.15) is 0 Å². The molecule has 2 atom stereocenters. The second kappa shape index (κ2) is 4.98. The van der Waals surface area contributed by atoms with Crippen molar-refractivity contribution in [1.29, 1.82) is 0 Å². The lowest BCUT2D eigenvalue weighted by atomic mass is 10.2. The summed E-state index contributed by atoms with van der Waals surface area (Å²) in [5, 5.41) is 2.64. The van der Waals surface area contributed by atoms with Crippen molar-refractivity contribution in [2.24, 2.45) is 5.73 Å². The van der Waals surface area contributed by atoms with Crippen LogP contribution in [0.5, 0.6) is 0 Å². The number of nitrogens with zero attached hydrogens (tertiary/aromatic N) is 1. The molecular weight excluding hydrogens is 200 g/mol. The number of thioether (sulfide) groups is 1. The lowest BCUT2D eigenvalue weighted by Crippen LogP contribution is -2.19. The van der Waals surface area contributed by atoms with Crippen LogP contribution in [0.15, 0.2) is 9.72 Å². The summed E-state index contributed by atoms with van der Waals surface area (Å²) in [6.45, 7) is 6.27. The van der Waals surface area contributed by atoms with E-state index in [-0.39, 0.29) is 6.04 Å². The summed E-state index contributed by atoms with van der Waals surface area (Å²) in [5.74, 6) is 0. The molecule has 4 heteroatoms. The van der Waals surface area contributed by atoms with E-state index < -0.39 is 0 Å². The summed E-state index contributed by atoms with van der Waals surface area (Å²) in [6.07, 6.45) is 1.04. The third-order valence-corrected chi connectivity index (χ3v) is 3.82. The van der Waals surface area contributed by atoms with Gasteiger partial charge in [0.15, 0.2) is 0 Å². The molecule has 0 spiro atoms. The molecule has 1 aromatic heterocycles. The van der Waals surface area contributed by atoms with E-state index in [4.69, 9.17) is 5.73 Å². The van der Waals surface area contributed by atoms with E-state index in [1.165, 1.54) is 0 Å². The van der Waals surface area contributed by atoms with E-state index in [0.29, 0.717) is 5.25 Å². The second-order valence-corrected chi connectivity index (χ2v) is 5.94. The van der Waals surface area contributed by atoms with Crippen LogP contribution in [0.4, 0.5) is 0 Å². The van der Waals surface area contributed by atoms with Crippen molar-refractivity contribution < 1.29 is 0 Å². The molecule has 0 aliphatic carbocycles. The van der Waals surface area contributed by atoms with Gasteiger partial charge in [0.05, 0.1) is 0 Å². The molecule has 2 nitrogen and oxygen atoms in total. The Morgan fingerprint density at radius 1 is 1.62 bits per heavy atom. The summed E-state index contributed by atoms with van der Waals surface area (Å²) >= 11 is 3.54. The van der Waals surface area contributed by atoms with Crippen molar-refractivity contribution in [2.45, 2.75) is 42.8 Å². The zero-order chi connectivity index (χ0) is 9.84. The molecule has 2 N–H and O–H groups in total. The third-order valence-electron chi connectivity index (χ3n) is 1.60. The quantitative estimate of drug-likeness (QED) is 0.786. The zero-order valence-electron chi connectivity index (χ0n) is 8.28. The smallest absolute Gasteiger partial charge is 0.150 e. The van der Waals surface area contributed by atoms with Gasteiger partial charge in [-0.05, 0) is 20.3 Å². The molecule has 0 bridgehead atoms. The number of rotatable bonds is 4. The van der Waals surface area contributed by atoms with Crippen LogP contribution in [0.25, 0.3) is 0 Å². The van der Waals surface area contributed by atoms with Crippen LogP contribution < -0.4 is 5.73 Å². The minimum absolute atomic E-state index is 0.281. The van der Waals surface area contributed by atoms with E-state index in [9.17, 15) is 0 Å². The molecule has 1 rings (SSSR count). The van der Waals surface area contributed by atoms with Crippen LogP contribution in [0.1, 0.15) is 26.0 Å². The predicted octanol–water partition coefficient (Wildman–Crippen LogP) is 2.67. The maximum absolute atomic E-state index is 5.72. The van der Waals surface area contributed by atoms with Crippen LogP contribution >= 0.6 is 23.1 Å². The molecule has 0 saturated heterocycles. The average Bonchev–Trinajstić information content (AvgIpc) is 2.33. The van der Waals surface area contributed by atoms with E-state index in [0.717, 1.165) is 16.5 Å². The molecule has 1 aromatic rings. The Hall–Kier alpha value is -0.0600. The van der Waals surface area contributed by atoms with Crippen LogP contribution in [0.3, 0.4) is 0 Å². The van der Waals surface area contributed by atoms with Crippen molar-refractivity contribution in [3.05, 3.63) is 11.1 Å². The fourth-order valence-electron chi connectivity index (χ4n) is 1.13. The molecule has 0 amide bonds. The van der Waals surface area contributed by atoms with Crippen molar-refractivity contribution in [3.63, 3.8) is 0 Å². The third kappa shape index (κ3) is 4.11. The van der Waals surface area contributed by atoms with Gasteiger partial charge in [-0.1, -0.05) is 18.7 Å². The van der Waals surface area contributed by atoms with Gasteiger partial charge in [-0.3, -0.25) is 0 Å². The molecule has 0 radical (unpaired) electrons. The number of nitrogens with two attached hydrogens (primary N) is 1. The first-order chi connectivity index (χ1) is 6.08. The lowest BCUT2D eigenvalue weighted by Gasteiger charge is -2.11. The molecule has 0 aromatic carbocycles. The molecule has 0 saturated carbocycles. The molecule has 0 aliphatic heterocycles. The van der Waals surface area contributed by atoms with Gasteiger partial charge < -0.3 is 5.73 Å². The van der Waals surface area contributed by atoms with Gasteiger partial charge >= 0.3 is 0 Å². The van der Waals surface area contributed by atoms with Gasteiger partial charge in [0.2, 0.25) is 0 Å². The Labute approximate surface area is 87.9 Å². The van der Waals surface area contributed by atoms with Gasteiger partial charge in [0.1, 0.15) is 4.34 Å². The highest BCUT2D eigenvalue weighted by Crippen LogP contribution is 2.28. The maximum atomic E-state index is 5.72. The number of hydrogen-bond acceptors (Lipinski definition) is 4. The summed E-state index contributed by atoms with van der Waals surface area (Å²) in [4.78, 5) is 4.40. The Balaban J connectivity index is 2.40. The lowest BCUT2D eigenvalue weighted by molar-refractivity contribution is 0.663. The van der Waals surface area contributed by atoms with Crippen LogP contribution in [-0.2, 0) is 0 Å². The Morgan fingerprint density at radius 2 is 2.31 bits per heavy atom. The minimum atomic E-state index is 0.281. The van der Waals surface area contributed by atoms with Crippen molar-refractivity contribution >= 4 is 23.1 Å². The highest BCUT2D eigenvalue weighted by molar-refractivity contribution is 8.01. The van der Waals surface area contributed by atoms with Crippen LogP contribution in [0, 0.1) is 6.92 Å². The number of thiazole rings is 1. The second-order valence-electron chi connectivity index (χ2n) is 3.40. The highest BCUT2D eigenvalue weighted by Gasteiger charge is 2.09. The molecule has 1 heterocycles. The molecule has 0 aliphatic rings. The van der Waals surface area contributed by atoms with Gasteiger partial charge in [0.25, 0.3) is 0 Å². The normalized spacial score (nSPS) is 15.7. The van der Waals surface area contributed by atoms with E-state index in [2.05, 4.69) is 17.3 Å². The van der Waals surface area contributed by atoms with Crippen molar-refractivity contribution in [2.75, 3.05) is 0 Å². The van der Waals surface area contributed by atoms with Crippen LogP contribution in [0.2, 0.25) is 0 Å². The fraction of sp³-hybridized carbons (Fsp3) is 0.667. The molecule has 0 fully saturated rings. The van der Waals surface area contributed by atoms with E-state index >= 15 is 0 Å². The zero-order valence-corrected chi connectivity index (χ0v) is 9.91. The van der Waals surface area contributed by atoms with Crippen LogP contribution in [-0.4, -0.2) is 16.3 Å². The average molecular weight is 216 g/mol. The first kappa shape index (κ1) is 11.0. The molecule has 74 valence electrons. The van der Waals surface area contributed by atoms with E-state index in [1.807, 2.05) is 25.6 Å². The summed E-state index contributed by atoms with van der Waals surface area (Å²) in [6, 6.07) is 0.281. The number of hydrogen-bond donors (Lipinski definition) is 1. The standard InChI is InChI=1S/C9H16N2S2/c1-6(10)4-8(3)13-9-11-7(2)5-12-9/h5-6,8H,4,10H2,1-3H3. The molecular formula is C9H16N2S2. The first-order valence-electron chi connectivity index (χ1n) is 4.42. The molecule has 2 unspecified atom stereocenters. The van der Waals surface area contributed by atoms with Crippen molar-refractivity contribution in [1.82, 2.24) is 4.98 Å². The van der Waals surface area contributed by atoms with Gasteiger partial charge in [-0.25, -0.2) is 4.98 Å². The maximum Gasteiger partial charge on any atom is 0.150 e. The monoisotopic (exact) mass is 216 g/mol. The van der Waals surface area contributed by atoms with Gasteiger partial charge in [0, 0.05) is 22.4 Å². The molecule has 13 heavy (non-hydrogen) atoms. The Morgan fingerprint density at radius 3 is 2.77 bits per heavy atom. The predicted molar refractivity (Wildman–Crippen MR) is 60.4 cm³/mol. The largest absolute Gasteiger partial charge is 0.328 e. The first-order valence-corrected chi connectivity index (χ1v) is 6.18. The van der Waals surface area contributed by atoms with Crippen molar-refractivity contribution in [3.8, 4) is 0 Å². The Kier molecular flexibility index (Phi) is 4.22. The summed E-state index contributed by atoms with van der Waals surface area (Å²) in [7, 11) is 0. The van der Waals surface area contributed by atoms with E-state index in [1.54, 1.807) is 11.3 Å². The van der Waals surface area contributed by atoms with Gasteiger partial charge in [-0.15, -0.1) is 11.3 Å². The fourth-order valence-corrected chi connectivity index (χ4v) is 3.45. The summed E-state index contributed by atoms with van der Waals surface area (Å²) < 4.78 is 1.16. The number of aromatic nitrogens is 1.